The zero-order valence-electron chi connectivity index (χ0n) is 10.5. The van der Waals surface area contributed by atoms with Gasteiger partial charge in [-0.05, 0) is 18.1 Å². The Morgan fingerprint density at radius 2 is 2.12 bits per heavy atom. The van der Waals surface area contributed by atoms with Crippen molar-refractivity contribution in [1.82, 2.24) is 0 Å². The number of hydrogen-bond donors (Lipinski definition) is 1. The summed E-state index contributed by atoms with van der Waals surface area (Å²) < 4.78 is 17.2. The van der Waals surface area contributed by atoms with Gasteiger partial charge in [0.25, 0.3) is 0 Å². The molecule has 2 atom stereocenters. The Kier molecular flexibility index (Phi) is 6.05. The molecule has 4 heteroatoms. The molecule has 0 bridgehead atoms. The number of ether oxygens (including phenoxy) is 1. The van der Waals surface area contributed by atoms with Crippen molar-refractivity contribution >= 4 is 16.5 Å². The van der Waals surface area contributed by atoms with E-state index >= 15 is 0 Å². The SMILES string of the molecule is CCC(C)CS(=O)CCOc1ccccc1N. The molecule has 96 valence electrons. The normalized spacial score (nSPS) is 14.2. The Balaban J connectivity index is 2.29. The summed E-state index contributed by atoms with van der Waals surface area (Å²) >= 11 is 0. The lowest BCUT2D eigenvalue weighted by Gasteiger charge is -2.10. The van der Waals surface area contributed by atoms with Crippen LogP contribution in [0, 0.1) is 5.92 Å². The second kappa shape index (κ2) is 7.33. The number of nitrogens with two attached hydrogens (primary N) is 1. The molecular formula is C13H21NO2S. The molecule has 3 nitrogen and oxygen atoms in total. The molecule has 0 aliphatic rings. The van der Waals surface area contributed by atoms with Gasteiger partial charge >= 0.3 is 0 Å². The third-order valence-corrected chi connectivity index (χ3v) is 4.22. The standard InChI is InChI=1S/C13H21NO2S/c1-3-11(2)10-17(15)9-8-16-13-7-5-4-6-12(13)14/h4-7,11H,3,8-10,14H2,1-2H3. The summed E-state index contributed by atoms with van der Waals surface area (Å²) in [5.74, 6) is 2.51. The minimum Gasteiger partial charge on any atom is -0.490 e. The van der Waals surface area contributed by atoms with Gasteiger partial charge in [0.2, 0.25) is 0 Å². The molecule has 0 radical (unpaired) electrons. The van der Waals surface area contributed by atoms with Crippen LogP contribution in [0.4, 0.5) is 5.69 Å². The summed E-state index contributed by atoms with van der Waals surface area (Å²) in [5.41, 5.74) is 6.36. The van der Waals surface area contributed by atoms with Crippen molar-refractivity contribution in [3.63, 3.8) is 0 Å². The van der Waals surface area contributed by atoms with Crippen LogP contribution in [0.25, 0.3) is 0 Å². The van der Waals surface area contributed by atoms with E-state index in [0.29, 0.717) is 29.7 Å². The Hall–Kier alpha value is -1.03. The highest BCUT2D eigenvalue weighted by Crippen LogP contribution is 2.19. The molecule has 0 saturated heterocycles. The lowest BCUT2D eigenvalue weighted by Crippen LogP contribution is -2.15. The van der Waals surface area contributed by atoms with Crippen molar-refractivity contribution in [3.8, 4) is 5.75 Å². The number of hydrogen-bond acceptors (Lipinski definition) is 3. The van der Waals surface area contributed by atoms with E-state index in [-0.39, 0.29) is 0 Å². The zero-order valence-corrected chi connectivity index (χ0v) is 11.3. The van der Waals surface area contributed by atoms with Crippen LogP contribution in [0.2, 0.25) is 0 Å². The van der Waals surface area contributed by atoms with Crippen LogP contribution in [0.15, 0.2) is 24.3 Å². The van der Waals surface area contributed by atoms with E-state index in [1.807, 2.05) is 18.2 Å². The zero-order chi connectivity index (χ0) is 12.7. The third kappa shape index (κ3) is 5.22. The maximum Gasteiger partial charge on any atom is 0.142 e. The van der Waals surface area contributed by atoms with Crippen molar-refractivity contribution < 1.29 is 8.95 Å². The average Bonchev–Trinajstić information content (AvgIpc) is 2.31. The topological polar surface area (TPSA) is 52.3 Å². The maximum absolute atomic E-state index is 11.7. The highest BCUT2D eigenvalue weighted by Gasteiger charge is 2.06. The van der Waals surface area contributed by atoms with E-state index < -0.39 is 10.8 Å². The minimum absolute atomic E-state index is 0.456. The number of rotatable bonds is 7. The van der Waals surface area contributed by atoms with Crippen molar-refractivity contribution in [3.05, 3.63) is 24.3 Å². The minimum atomic E-state index is -0.796. The molecule has 0 spiro atoms. The summed E-state index contributed by atoms with van der Waals surface area (Å²) in [4.78, 5) is 0. The fraction of sp³-hybridized carbons (Fsp3) is 0.538. The van der Waals surface area contributed by atoms with Gasteiger partial charge in [-0.3, -0.25) is 4.21 Å². The lowest BCUT2D eigenvalue weighted by molar-refractivity contribution is 0.344. The van der Waals surface area contributed by atoms with Crippen LogP contribution in [-0.2, 0) is 10.8 Å². The maximum atomic E-state index is 11.7. The Morgan fingerprint density at radius 3 is 2.76 bits per heavy atom. The van der Waals surface area contributed by atoms with Crippen molar-refractivity contribution in [1.29, 1.82) is 0 Å². The predicted octanol–water partition coefficient (Wildman–Crippen LogP) is 2.44. The summed E-state index contributed by atoms with van der Waals surface area (Å²) in [5, 5.41) is 0. The smallest absolute Gasteiger partial charge is 0.142 e. The third-order valence-electron chi connectivity index (χ3n) is 2.65. The number of benzene rings is 1. The van der Waals surface area contributed by atoms with Gasteiger partial charge in [-0.1, -0.05) is 32.4 Å². The van der Waals surface area contributed by atoms with Crippen LogP contribution in [0.5, 0.6) is 5.75 Å². The van der Waals surface area contributed by atoms with Gasteiger partial charge in [0.15, 0.2) is 0 Å². The van der Waals surface area contributed by atoms with Crippen molar-refractivity contribution in [2.24, 2.45) is 5.92 Å². The number of nitrogen functional groups attached to an aromatic ring is 1. The van der Waals surface area contributed by atoms with Gasteiger partial charge in [0, 0.05) is 16.6 Å². The van der Waals surface area contributed by atoms with Gasteiger partial charge in [-0.15, -0.1) is 0 Å². The molecule has 0 fully saturated rings. The molecule has 0 saturated carbocycles. The highest BCUT2D eigenvalue weighted by atomic mass is 32.2. The van der Waals surface area contributed by atoms with Gasteiger partial charge in [0.1, 0.15) is 5.75 Å². The first-order chi connectivity index (χ1) is 8.13. The second-order valence-corrected chi connectivity index (χ2v) is 5.83. The van der Waals surface area contributed by atoms with Gasteiger partial charge in [-0.2, -0.15) is 0 Å². The molecule has 0 aliphatic carbocycles. The molecule has 1 aromatic carbocycles. The number of anilines is 1. The first-order valence-electron chi connectivity index (χ1n) is 5.95. The van der Waals surface area contributed by atoms with E-state index in [0.717, 1.165) is 12.2 Å². The van der Waals surface area contributed by atoms with Gasteiger partial charge < -0.3 is 10.5 Å². The molecule has 0 heterocycles. The van der Waals surface area contributed by atoms with Crippen LogP contribution >= 0.6 is 0 Å². The monoisotopic (exact) mass is 255 g/mol. The summed E-state index contributed by atoms with van der Waals surface area (Å²) in [6, 6.07) is 7.36. The molecule has 2 N–H and O–H groups in total. The molecule has 0 aromatic heterocycles. The van der Waals surface area contributed by atoms with Crippen LogP contribution in [-0.4, -0.2) is 22.3 Å². The van der Waals surface area contributed by atoms with E-state index in [1.165, 1.54) is 0 Å². The molecular weight excluding hydrogens is 234 g/mol. The molecule has 0 aliphatic heterocycles. The predicted molar refractivity (Wildman–Crippen MR) is 73.7 cm³/mol. The van der Waals surface area contributed by atoms with E-state index in [2.05, 4.69) is 13.8 Å². The summed E-state index contributed by atoms with van der Waals surface area (Å²) in [6.07, 6.45) is 1.07. The lowest BCUT2D eigenvalue weighted by atomic mass is 10.2. The molecule has 0 amide bonds. The summed E-state index contributed by atoms with van der Waals surface area (Å²) in [6.45, 7) is 4.69. The fourth-order valence-corrected chi connectivity index (χ4v) is 2.68. The average molecular weight is 255 g/mol. The van der Waals surface area contributed by atoms with Crippen LogP contribution in [0.1, 0.15) is 20.3 Å². The van der Waals surface area contributed by atoms with E-state index in [4.69, 9.17) is 10.5 Å². The van der Waals surface area contributed by atoms with Crippen molar-refractivity contribution in [2.75, 3.05) is 23.8 Å². The van der Waals surface area contributed by atoms with Crippen LogP contribution < -0.4 is 10.5 Å². The summed E-state index contributed by atoms with van der Waals surface area (Å²) in [7, 11) is -0.796. The Labute approximate surface area is 106 Å². The second-order valence-electron chi connectivity index (χ2n) is 4.21. The Morgan fingerprint density at radius 1 is 1.41 bits per heavy atom. The van der Waals surface area contributed by atoms with Crippen molar-refractivity contribution in [2.45, 2.75) is 20.3 Å². The molecule has 17 heavy (non-hydrogen) atoms. The van der Waals surface area contributed by atoms with E-state index in [1.54, 1.807) is 6.07 Å². The highest BCUT2D eigenvalue weighted by molar-refractivity contribution is 7.85. The quantitative estimate of drug-likeness (QED) is 0.761. The van der Waals surface area contributed by atoms with Crippen LogP contribution in [0.3, 0.4) is 0 Å². The van der Waals surface area contributed by atoms with Gasteiger partial charge in [0.05, 0.1) is 18.0 Å². The molecule has 1 rings (SSSR count). The molecule has 1 aromatic rings. The number of para-hydroxylation sites is 2. The van der Waals surface area contributed by atoms with Gasteiger partial charge in [-0.25, -0.2) is 0 Å². The fourth-order valence-electron chi connectivity index (χ4n) is 1.38. The first-order valence-corrected chi connectivity index (χ1v) is 7.44. The van der Waals surface area contributed by atoms with E-state index in [9.17, 15) is 4.21 Å². The largest absolute Gasteiger partial charge is 0.490 e. The first kappa shape index (κ1) is 14.0. The molecule has 2 unspecified atom stereocenters. The Bertz CT molecular complexity index is 368.